The predicted molar refractivity (Wildman–Crippen MR) is 176 cm³/mol. The van der Waals surface area contributed by atoms with Crippen molar-refractivity contribution in [3.05, 3.63) is 12.2 Å². The van der Waals surface area contributed by atoms with Gasteiger partial charge in [0.1, 0.15) is 0 Å². The molecule has 0 aromatic rings. The fourth-order valence-electron chi connectivity index (χ4n) is 6.13. The van der Waals surface area contributed by atoms with E-state index in [4.69, 9.17) is 9.47 Å². The number of alkyl carbamates (subject to hydrolysis) is 1. The molecule has 1 aliphatic carbocycles. The number of nitrogens with one attached hydrogen (secondary N) is 1. The summed E-state index contributed by atoms with van der Waals surface area (Å²) in [5.74, 6) is 0.158. The molecule has 0 spiro atoms. The number of hydrogen-bond acceptors (Lipinski definition) is 5. The zero-order valence-electron chi connectivity index (χ0n) is 26.9. The lowest BCUT2D eigenvalue weighted by Crippen LogP contribution is -2.43. The van der Waals surface area contributed by atoms with Crippen LogP contribution in [-0.4, -0.2) is 80.9 Å². The first-order valence-corrected chi connectivity index (χ1v) is 17.3. The summed E-state index contributed by atoms with van der Waals surface area (Å²) in [7, 11) is 0. The number of allylic oxidation sites excluding steroid dienone is 1. The third-order valence-electron chi connectivity index (χ3n) is 8.81. The molecule has 1 fully saturated rings. The van der Waals surface area contributed by atoms with E-state index in [0.717, 1.165) is 71.5 Å². The van der Waals surface area contributed by atoms with Gasteiger partial charge < -0.3 is 19.7 Å². The molecule has 42 heavy (non-hydrogen) atoms. The number of unbranched alkanes of at least 4 members (excludes halogenated alkanes) is 15. The molecule has 2 aliphatic rings. The zero-order valence-corrected chi connectivity index (χ0v) is 27.7. The lowest BCUT2D eigenvalue weighted by Gasteiger charge is -2.35. The molecule has 0 bridgehead atoms. The molecule has 1 heterocycles. The Morgan fingerprint density at radius 1 is 0.857 bits per heavy atom. The molecule has 246 valence electrons. The van der Waals surface area contributed by atoms with Crippen molar-refractivity contribution in [1.29, 1.82) is 0 Å². The van der Waals surface area contributed by atoms with E-state index in [1.807, 2.05) is 4.90 Å². The molecule has 1 aliphatic heterocycles. The fraction of sp³-hybridized carbons (Fsp3) is 0.882. The van der Waals surface area contributed by atoms with Gasteiger partial charge in [0, 0.05) is 38.1 Å². The Bertz CT molecular complexity index is 675. The molecule has 2 amide bonds. The first-order chi connectivity index (χ1) is 20.2. The molecule has 0 saturated carbocycles. The van der Waals surface area contributed by atoms with Crippen molar-refractivity contribution in [2.75, 3.05) is 52.5 Å². The smallest absolute Gasteiger partial charge is 0.407 e. The topological polar surface area (TPSA) is 71.1 Å². The zero-order chi connectivity index (χ0) is 29.2. The van der Waals surface area contributed by atoms with Crippen LogP contribution in [0, 0.1) is 5.92 Å². The standard InChI is InChI=1S/C34H63N3O4.ClH/c1-2-3-4-5-6-7-8-9-10-11-12-13-14-15-16-19-25-37(31-38)33-22-18-17-21-32(33)30-41-34(39)35-23-20-24-36-26-28-40-29-27-36;/h17-18,31-33H,2-16,19-30H2,1H3,(H,35,39);1H. The lowest BCUT2D eigenvalue weighted by atomic mass is 9.88. The number of morpholine rings is 1. The molecule has 0 aromatic carbocycles. The minimum atomic E-state index is -0.351. The van der Waals surface area contributed by atoms with Crippen LogP contribution < -0.4 is 5.32 Å². The molecule has 1 N–H and O–H groups in total. The van der Waals surface area contributed by atoms with E-state index < -0.39 is 0 Å². The average molecular weight is 614 g/mol. The largest absolute Gasteiger partial charge is 0.449 e. The summed E-state index contributed by atoms with van der Waals surface area (Å²) in [6.45, 7) is 8.54. The highest BCUT2D eigenvalue weighted by atomic mass is 35.5. The van der Waals surface area contributed by atoms with Crippen molar-refractivity contribution in [1.82, 2.24) is 15.1 Å². The van der Waals surface area contributed by atoms with Gasteiger partial charge in [0.2, 0.25) is 6.41 Å². The van der Waals surface area contributed by atoms with Crippen LogP contribution in [0.25, 0.3) is 0 Å². The maximum absolute atomic E-state index is 12.3. The Morgan fingerprint density at radius 2 is 1.40 bits per heavy atom. The van der Waals surface area contributed by atoms with Gasteiger partial charge in [-0.15, -0.1) is 12.4 Å². The monoisotopic (exact) mass is 613 g/mol. The molecule has 0 radical (unpaired) electrons. The van der Waals surface area contributed by atoms with E-state index in [0.29, 0.717) is 13.2 Å². The molecule has 8 heteroatoms. The molecule has 7 nitrogen and oxygen atoms in total. The van der Waals surface area contributed by atoms with Gasteiger partial charge >= 0.3 is 6.09 Å². The van der Waals surface area contributed by atoms with Crippen LogP contribution in [0.2, 0.25) is 0 Å². The Labute approximate surface area is 264 Å². The summed E-state index contributed by atoms with van der Waals surface area (Å²) in [6, 6.07) is 0.114. The van der Waals surface area contributed by atoms with Gasteiger partial charge in [-0.1, -0.05) is 115 Å². The van der Waals surface area contributed by atoms with Crippen LogP contribution in [0.3, 0.4) is 0 Å². The lowest BCUT2D eigenvalue weighted by molar-refractivity contribution is -0.121. The van der Waals surface area contributed by atoms with Crippen LogP contribution in [-0.2, 0) is 14.3 Å². The van der Waals surface area contributed by atoms with Crippen LogP contribution >= 0.6 is 12.4 Å². The number of halogens is 1. The average Bonchev–Trinajstić information content (AvgIpc) is 3.01. The molecule has 2 rings (SSSR count). The Balaban J connectivity index is 0.00000882. The second-order valence-electron chi connectivity index (χ2n) is 12.2. The van der Waals surface area contributed by atoms with Crippen molar-refractivity contribution in [2.24, 2.45) is 5.92 Å². The first-order valence-electron chi connectivity index (χ1n) is 17.3. The van der Waals surface area contributed by atoms with Gasteiger partial charge in [0.25, 0.3) is 0 Å². The number of nitrogens with zero attached hydrogens (tertiary/aromatic N) is 2. The van der Waals surface area contributed by atoms with Gasteiger partial charge in [-0.25, -0.2) is 4.79 Å². The fourth-order valence-corrected chi connectivity index (χ4v) is 6.13. The molecule has 2 unspecified atom stereocenters. The van der Waals surface area contributed by atoms with Gasteiger partial charge in [0.15, 0.2) is 0 Å². The first kappa shape index (κ1) is 38.7. The number of carbonyl (C=O) groups is 2. The Morgan fingerprint density at radius 3 is 1.98 bits per heavy atom. The summed E-state index contributed by atoms with van der Waals surface area (Å²) in [4.78, 5) is 28.5. The Kier molecular flexibility index (Phi) is 25.1. The van der Waals surface area contributed by atoms with Crippen molar-refractivity contribution in [3.63, 3.8) is 0 Å². The van der Waals surface area contributed by atoms with Gasteiger partial charge in [-0.3, -0.25) is 9.69 Å². The molecule has 2 atom stereocenters. The molecule has 0 aromatic heterocycles. The molecule has 1 saturated heterocycles. The SMILES string of the molecule is CCCCCCCCCCCCCCCCCCN(C=O)C1CC=CCC1COC(=O)NCCCN1CCOCC1.Cl. The second-order valence-corrected chi connectivity index (χ2v) is 12.2. The summed E-state index contributed by atoms with van der Waals surface area (Å²) >= 11 is 0. The third-order valence-corrected chi connectivity index (χ3v) is 8.81. The van der Waals surface area contributed by atoms with Crippen LogP contribution in [0.15, 0.2) is 12.2 Å². The van der Waals surface area contributed by atoms with E-state index in [-0.39, 0.29) is 30.5 Å². The van der Waals surface area contributed by atoms with Crippen molar-refractivity contribution >= 4 is 24.9 Å². The maximum Gasteiger partial charge on any atom is 0.407 e. The maximum atomic E-state index is 12.3. The number of carbonyl (C=O) groups excluding carboxylic acids is 2. The predicted octanol–water partition coefficient (Wildman–Crippen LogP) is 7.91. The van der Waals surface area contributed by atoms with E-state index in [2.05, 4.69) is 29.3 Å². The van der Waals surface area contributed by atoms with Crippen LogP contribution in [0.5, 0.6) is 0 Å². The van der Waals surface area contributed by atoms with Crippen molar-refractivity contribution in [3.8, 4) is 0 Å². The normalized spacial score (nSPS) is 18.8. The van der Waals surface area contributed by atoms with Gasteiger partial charge in [0.05, 0.1) is 19.8 Å². The van der Waals surface area contributed by atoms with Crippen molar-refractivity contribution < 1.29 is 19.1 Å². The van der Waals surface area contributed by atoms with Crippen molar-refractivity contribution in [2.45, 2.75) is 135 Å². The highest BCUT2D eigenvalue weighted by Crippen LogP contribution is 2.24. The summed E-state index contributed by atoms with van der Waals surface area (Å²) in [5.41, 5.74) is 0. The number of amides is 2. The van der Waals surface area contributed by atoms with Crippen LogP contribution in [0.4, 0.5) is 4.79 Å². The van der Waals surface area contributed by atoms with E-state index in [9.17, 15) is 9.59 Å². The minimum absolute atomic E-state index is 0. The van der Waals surface area contributed by atoms with E-state index in [1.165, 1.54) is 96.3 Å². The second kappa shape index (κ2) is 27.3. The molecular weight excluding hydrogens is 550 g/mol. The number of rotatable bonds is 25. The quantitative estimate of drug-likeness (QED) is 0.0643. The third kappa shape index (κ3) is 19.1. The highest BCUT2D eigenvalue weighted by Gasteiger charge is 2.28. The van der Waals surface area contributed by atoms with Gasteiger partial charge in [-0.2, -0.15) is 0 Å². The van der Waals surface area contributed by atoms with Gasteiger partial charge in [-0.05, 0) is 32.2 Å². The summed E-state index contributed by atoms with van der Waals surface area (Å²) in [6.07, 6.45) is 29.2. The highest BCUT2D eigenvalue weighted by molar-refractivity contribution is 5.85. The summed E-state index contributed by atoms with van der Waals surface area (Å²) < 4.78 is 10.9. The minimum Gasteiger partial charge on any atom is -0.449 e. The molecular formula is C34H64ClN3O4. The number of ether oxygens (including phenoxy) is 2. The van der Waals surface area contributed by atoms with E-state index >= 15 is 0 Å². The van der Waals surface area contributed by atoms with Crippen LogP contribution in [0.1, 0.15) is 129 Å². The Hall–Kier alpha value is -1.31. The van der Waals surface area contributed by atoms with E-state index in [1.54, 1.807) is 0 Å². The number of hydrogen-bond donors (Lipinski definition) is 1. The summed E-state index contributed by atoms with van der Waals surface area (Å²) in [5, 5.41) is 2.88.